The number of aryl methyl sites for hydroxylation is 1. The molecule has 2 aromatic carbocycles. The third-order valence-electron chi connectivity index (χ3n) is 7.14. The van der Waals surface area contributed by atoms with Crippen LogP contribution in [0, 0.1) is 12.8 Å². The first kappa shape index (κ1) is 31.7. The molecule has 5 rings (SSSR count). The molecule has 13 nitrogen and oxygen atoms in total. The Morgan fingerprint density at radius 1 is 1.09 bits per heavy atom. The molecular weight excluding hydrogens is 621 g/mol. The van der Waals surface area contributed by atoms with Gasteiger partial charge >= 0.3 is 12.1 Å². The Hall–Kier alpha value is -4.67. The number of ether oxygens (including phenoxy) is 1. The molecule has 1 atom stereocenters. The van der Waals surface area contributed by atoms with E-state index in [1.807, 2.05) is 6.92 Å². The third kappa shape index (κ3) is 7.35. The van der Waals surface area contributed by atoms with Gasteiger partial charge in [0.1, 0.15) is 5.02 Å². The number of carbonyl (C=O) groups excluding carboxylic acids is 2. The summed E-state index contributed by atoms with van der Waals surface area (Å²) in [6, 6.07) is 12.9. The average Bonchev–Trinajstić information content (AvgIpc) is 3.60. The Labute approximate surface area is 255 Å². The molecular formula is C28H31F3N6O7S. The molecule has 0 spiro atoms. The molecule has 45 heavy (non-hydrogen) atoms. The second-order valence-electron chi connectivity index (χ2n) is 10.5. The standard InChI is InChI=1S/C28H31F3N6O7S/c1-4-26(38)42-19(3)43-37-36(44-37)34-15-13-21(14-16-34)27(39)33-45(40,41)23-11-9-22(10-12-23)35-24(17-25(32-35)28(29,30)31)20-7-5-18(2)6-8-20/h5-12,17,19,21H,4,13-16H2,1-3H3,(H,33,39). The molecule has 1 fully saturated rings. The number of alkyl halides is 3. The number of benzene rings is 2. The Morgan fingerprint density at radius 2 is 1.73 bits per heavy atom. The fourth-order valence-electron chi connectivity index (χ4n) is 4.66. The van der Waals surface area contributed by atoms with Crippen molar-refractivity contribution in [3.8, 4) is 16.9 Å². The van der Waals surface area contributed by atoms with Gasteiger partial charge in [-0.25, -0.2) is 17.8 Å². The molecule has 0 saturated carbocycles. The summed E-state index contributed by atoms with van der Waals surface area (Å²) in [5, 5.41) is 6.49. The van der Waals surface area contributed by atoms with Gasteiger partial charge in [0.15, 0.2) is 5.69 Å². The highest BCUT2D eigenvalue weighted by Gasteiger charge is 2.36. The lowest BCUT2D eigenvalue weighted by Crippen LogP contribution is -2.45. The van der Waals surface area contributed by atoms with Crippen LogP contribution in [0.3, 0.4) is 0 Å². The minimum absolute atomic E-state index is 0.176. The molecule has 1 unspecified atom stereocenters. The van der Waals surface area contributed by atoms with E-state index >= 15 is 0 Å². The minimum Gasteiger partial charge on any atom is -0.423 e. The number of rotatable bonds is 10. The van der Waals surface area contributed by atoms with E-state index in [9.17, 15) is 31.2 Å². The molecule has 1 aliphatic heterocycles. The second-order valence-corrected chi connectivity index (χ2v) is 12.2. The summed E-state index contributed by atoms with van der Waals surface area (Å²) in [5.74, 6) is -1.71. The zero-order valence-corrected chi connectivity index (χ0v) is 25.3. The van der Waals surface area contributed by atoms with Crippen LogP contribution in [0.4, 0.5) is 13.2 Å². The molecule has 0 radical (unpaired) electrons. The van der Waals surface area contributed by atoms with Crippen molar-refractivity contribution in [3.63, 3.8) is 0 Å². The fourth-order valence-corrected chi connectivity index (χ4v) is 5.71. The molecule has 2 aromatic heterocycles. The highest BCUT2D eigenvalue weighted by atomic mass is 32.2. The maximum Gasteiger partial charge on any atom is 0.435 e. The van der Waals surface area contributed by atoms with Gasteiger partial charge in [-0.3, -0.25) is 14.6 Å². The average molecular weight is 653 g/mol. The summed E-state index contributed by atoms with van der Waals surface area (Å²) < 4.78 is 80.0. The predicted molar refractivity (Wildman–Crippen MR) is 152 cm³/mol. The van der Waals surface area contributed by atoms with Crippen LogP contribution in [0.25, 0.3) is 16.9 Å². The molecule has 0 aliphatic carbocycles. The smallest absolute Gasteiger partial charge is 0.423 e. The summed E-state index contributed by atoms with van der Waals surface area (Å²) >= 11 is 0. The number of amides is 1. The normalized spacial score (nSPS) is 15.2. The van der Waals surface area contributed by atoms with Gasteiger partial charge in [-0.05, 0) is 50.1 Å². The lowest BCUT2D eigenvalue weighted by Gasteiger charge is -2.28. The second kappa shape index (κ2) is 12.4. The van der Waals surface area contributed by atoms with Crippen LogP contribution in [-0.2, 0) is 30.5 Å². The van der Waals surface area contributed by atoms with E-state index in [0.717, 1.165) is 21.3 Å². The van der Waals surface area contributed by atoms with Crippen molar-refractivity contribution in [2.75, 3.05) is 18.1 Å². The molecule has 1 amide bonds. The minimum atomic E-state index is -4.69. The first-order valence-electron chi connectivity index (χ1n) is 14.1. The number of hydrogen-bond acceptors (Lipinski definition) is 9. The SMILES string of the molecule is CCC(=O)OC(C)On1on1N1CCC(C(=O)NS(=O)(=O)c2ccc(-n3nc(C(F)(F)F)cc3-c3ccc(C)cc3)cc2)CC1. The summed E-state index contributed by atoms with van der Waals surface area (Å²) in [6.45, 7) is 5.74. The lowest BCUT2D eigenvalue weighted by molar-refractivity contribution is -0.181. The number of halogens is 3. The number of esters is 1. The monoisotopic (exact) mass is 652 g/mol. The van der Waals surface area contributed by atoms with Crippen molar-refractivity contribution < 1.29 is 45.4 Å². The van der Waals surface area contributed by atoms with E-state index in [1.54, 1.807) is 36.2 Å². The molecule has 1 N–H and O–H groups in total. The van der Waals surface area contributed by atoms with E-state index in [-0.39, 0.29) is 22.7 Å². The summed E-state index contributed by atoms with van der Waals surface area (Å²) in [4.78, 5) is 30.6. The van der Waals surface area contributed by atoms with Gasteiger partial charge < -0.3 is 9.57 Å². The van der Waals surface area contributed by atoms with Gasteiger partial charge in [0, 0.05) is 42.9 Å². The van der Waals surface area contributed by atoms with Crippen molar-refractivity contribution in [1.29, 1.82) is 0 Å². The van der Waals surface area contributed by atoms with Crippen LogP contribution in [0.1, 0.15) is 44.4 Å². The molecule has 3 heterocycles. The van der Waals surface area contributed by atoms with Gasteiger partial charge in [-0.15, -0.1) is 0 Å². The van der Waals surface area contributed by atoms with E-state index < -0.39 is 46.0 Å². The Kier molecular flexibility index (Phi) is 8.73. The summed E-state index contributed by atoms with van der Waals surface area (Å²) in [5.41, 5.74) is 0.708. The van der Waals surface area contributed by atoms with E-state index in [1.165, 1.54) is 36.2 Å². The molecule has 1 aliphatic rings. The van der Waals surface area contributed by atoms with Crippen LogP contribution in [0.15, 0.2) is 64.1 Å². The van der Waals surface area contributed by atoms with Crippen molar-refractivity contribution in [2.45, 2.75) is 57.4 Å². The van der Waals surface area contributed by atoms with E-state index in [4.69, 9.17) is 14.2 Å². The first-order valence-corrected chi connectivity index (χ1v) is 15.5. The lowest BCUT2D eigenvalue weighted by atomic mass is 9.97. The summed E-state index contributed by atoms with van der Waals surface area (Å²) in [6.07, 6.45) is -4.74. The number of nitrogens with zero attached hydrogens (tertiary/aromatic N) is 5. The van der Waals surface area contributed by atoms with Gasteiger partial charge in [0.2, 0.25) is 5.91 Å². The number of carbonyl (C=O) groups is 2. The number of hydrogen-bond donors (Lipinski definition) is 1. The Balaban J connectivity index is 1.21. The van der Waals surface area contributed by atoms with Gasteiger partial charge in [-0.2, -0.15) is 22.9 Å². The first-order chi connectivity index (χ1) is 21.2. The molecule has 1 saturated heterocycles. The largest absolute Gasteiger partial charge is 0.435 e. The van der Waals surface area contributed by atoms with Crippen molar-refractivity contribution >= 4 is 21.9 Å². The van der Waals surface area contributed by atoms with Crippen LogP contribution in [-0.4, -0.2) is 59.4 Å². The van der Waals surface area contributed by atoms with Crippen LogP contribution < -0.4 is 14.6 Å². The quantitative estimate of drug-likeness (QED) is 0.201. The van der Waals surface area contributed by atoms with Crippen LogP contribution in [0.5, 0.6) is 0 Å². The topological polar surface area (TPSA) is 143 Å². The molecule has 4 aromatic rings. The predicted octanol–water partition coefficient (Wildman–Crippen LogP) is 3.64. The molecule has 0 bridgehead atoms. The van der Waals surface area contributed by atoms with Crippen molar-refractivity contribution in [2.24, 2.45) is 5.92 Å². The zero-order valence-electron chi connectivity index (χ0n) is 24.5. The highest BCUT2D eigenvalue weighted by molar-refractivity contribution is 7.90. The number of aromatic nitrogens is 4. The number of piperidine rings is 1. The molecule has 17 heteroatoms. The van der Waals surface area contributed by atoms with Crippen LogP contribution in [0.2, 0.25) is 0 Å². The Bertz CT molecular complexity index is 1750. The highest BCUT2D eigenvalue weighted by Crippen LogP contribution is 2.33. The maximum atomic E-state index is 13.5. The maximum absolute atomic E-state index is 13.5. The van der Waals surface area contributed by atoms with Crippen molar-refractivity contribution in [1.82, 2.24) is 24.5 Å². The van der Waals surface area contributed by atoms with Crippen LogP contribution >= 0.6 is 0 Å². The van der Waals surface area contributed by atoms with E-state index in [2.05, 4.69) is 9.82 Å². The number of sulfonamides is 1. The zero-order chi connectivity index (χ0) is 32.5. The summed E-state index contributed by atoms with van der Waals surface area (Å²) in [7, 11) is -4.27. The number of nitrogens with one attached hydrogen (secondary N) is 1. The fraction of sp³-hybridized carbons (Fsp3) is 0.393. The van der Waals surface area contributed by atoms with Gasteiger partial charge in [0.25, 0.3) is 16.3 Å². The van der Waals surface area contributed by atoms with Gasteiger partial charge in [-0.1, -0.05) is 36.8 Å². The van der Waals surface area contributed by atoms with E-state index in [0.29, 0.717) is 31.5 Å². The molecule has 242 valence electrons. The Morgan fingerprint density at radius 3 is 2.33 bits per heavy atom. The third-order valence-corrected chi connectivity index (χ3v) is 8.50. The van der Waals surface area contributed by atoms with Crippen molar-refractivity contribution in [3.05, 3.63) is 65.9 Å². The van der Waals surface area contributed by atoms with Gasteiger partial charge in [0.05, 0.1) is 16.3 Å².